The molecule has 40 heavy (non-hydrogen) atoms. The highest BCUT2D eigenvalue weighted by molar-refractivity contribution is 7.99. The molecule has 2 aromatic rings. The van der Waals surface area contributed by atoms with E-state index in [1.165, 1.54) is 31.0 Å². The van der Waals surface area contributed by atoms with Crippen molar-refractivity contribution in [3.05, 3.63) is 52.6 Å². The average molecular weight is 615 g/mol. The second kappa shape index (κ2) is 14.0. The molecule has 0 saturated heterocycles. The van der Waals surface area contributed by atoms with Gasteiger partial charge in [-0.2, -0.15) is 5.26 Å². The smallest absolute Gasteiger partial charge is 0.265 e. The van der Waals surface area contributed by atoms with E-state index in [-0.39, 0.29) is 22.3 Å². The van der Waals surface area contributed by atoms with Gasteiger partial charge in [-0.25, -0.2) is 21.9 Å². The maximum absolute atomic E-state index is 15.4. The van der Waals surface area contributed by atoms with Crippen LogP contribution in [0.1, 0.15) is 44.1 Å². The number of amides is 1. The molecule has 0 heterocycles. The van der Waals surface area contributed by atoms with Gasteiger partial charge in [0, 0.05) is 23.8 Å². The summed E-state index contributed by atoms with van der Waals surface area (Å²) in [7, 11) is 0.646. The molecule has 1 fully saturated rings. The lowest BCUT2D eigenvalue weighted by Gasteiger charge is -2.34. The number of ether oxygens (including phenoxy) is 1. The highest BCUT2D eigenvalue weighted by Crippen LogP contribution is 2.33. The van der Waals surface area contributed by atoms with Gasteiger partial charge in [0.25, 0.3) is 15.9 Å². The Kier molecular flexibility index (Phi) is 11.2. The van der Waals surface area contributed by atoms with Gasteiger partial charge in [0.15, 0.2) is 0 Å². The van der Waals surface area contributed by atoms with Crippen LogP contribution in [0.2, 0.25) is 5.02 Å². The number of nitrogens with zero attached hydrogens (tertiary/aromatic N) is 2. The van der Waals surface area contributed by atoms with Crippen LogP contribution in [0.15, 0.2) is 40.1 Å². The van der Waals surface area contributed by atoms with E-state index in [2.05, 4.69) is 5.32 Å². The fourth-order valence-corrected chi connectivity index (χ4v) is 6.89. The molecule has 8 nitrogen and oxygen atoms in total. The number of thioether (sulfide) groups is 1. The van der Waals surface area contributed by atoms with Crippen molar-refractivity contribution in [3.8, 4) is 6.07 Å². The first-order valence-corrected chi connectivity index (χ1v) is 15.6. The molecule has 218 valence electrons. The average Bonchev–Trinajstić information content (AvgIpc) is 2.91. The molecular weight excluding hydrogens is 582 g/mol. The molecule has 1 atom stereocenters. The van der Waals surface area contributed by atoms with Gasteiger partial charge in [-0.15, -0.1) is 11.8 Å². The number of hydrogen-bond acceptors (Lipinski definition) is 8. The molecule has 2 aromatic carbocycles. The van der Waals surface area contributed by atoms with Crippen molar-refractivity contribution in [2.45, 2.75) is 60.0 Å². The lowest BCUT2D eigenvalue weighted by atomic mass is 9.84. The number of methoxy groups -OCH3 is 1. The Bertz CT molecular complexity index is 1360. The van der Waals surface area contributed by atoms with Gasteiger partial charge in [-0.3, -0.25) is 4.79 Å². The Hall–Kier alpha value is -2.43. The first-order chi connectivity index (χ1) is 18.9. The van der Waals surface area contributed by atoms with E-state index in [0.29, 0.717) is 36.5 Å². The molecule has 1 saturated carbocycles. The van der Waals surface area contributed by atoms with Gasteiger partial charge in [0.05, 0.1) is 21.2 Å². The molecule has 0 aromatic heterocycles. The highest BCUT2D eigenvalue weighted by atomic mass is 35.5. The molecule has 0 spiro atoms. The first-order valence-electron chi connectivity index (χ1n) is 12.8. The molecule has 1 aliphatic rings. The number of nitriles is 1. The van der Waals surface area contributed by atoms with Crippen molar-refractivity contribution in [2.24, 2.45) is 0 Å². The number of nitrogens with one attached hydrogen (secondary N) is 2. The predicted molar refractivity (Wildman–Crippen MR) is 152 cm³/mol. The van der Waals surface area contributed by atoms with E-state index >= 15 is 4.39 Å². The van der Waals surface area contributed by atoms with E-state index in [0.717, 1.165) is 31.4 Å². The number of anilines is 1. The number of carbonyl (C=O) groups excluding carboxylic acids is 1. The van der Waals surface area contributed by atoms with Crippen LogP contribution in [-0.2, 0) is 19.6 Å². The third-order valence-electron chi connectivity index (χ3n) is 6.79. The minimum Gasteiger partial charge on any atom is -0.378 e. The Morgan fingerprint density at radius 3 is 2.52 bits per heavy atom. The van der Waals surface area contributed by atoms with E-state index in [4.69, 9.17) is 16.3 Å². The minimum absolute atomic E-state index is 0.150. The normalized spacial score (nSPS) is 15.8. The number of hydrogen-bond donors (Lipinski definition) is 2. The van der Waals surface area contributed by atoms with Gasteiger partial charge >= 0.3 is 0 Å². The van der Waals surface area contributed by atoms with Crippen LogP contribution in [0.5, 0.6) is 0 Å². The van der Waals surface area contributed by atoms with Gasteiger partial charge in [-0.05, 0) is 70.2 Å². The van der Waals surface area contributed by atoms with Crippen molar-refractivity contribution in [2.75, 3.05) is 38.8 Å². The zero-order chi connectivity index (χ0) is 29.5. The van der Waals surface area contributed by atoms with Crippen LogP contribution in [-0.4, -0.2) is 64.4 Å². The van der Waals surface area contributed by atoms with Crippen LogP contribution < -0.4 is 10.0 Å². The zero-order valence-electron chi connectivity index (χ0n) is 22.6. The molecule has 0 aliphatic heterocycles. The van der Waals surface area contributed by atoms with Crippen LogP contribution in [0.25, 0.3) is 0 Å². The van der Waals surface area contributed by atoms with Crippen LogP contribution in [0, 0.1) is 23.0 Å². The number of rotatable bonds is 12. The second-order valence-electron chi connectivity index (χ2n) is 9.95. The summed E-state index contributed by atoms with van der Waals surface area (Å²) in [4.78, 5) is 15.0. The summed E-state index contributed by atoms with van der Waals surface area (Å²) in [5.41, 5.74) is -1.65. The second-order valence-corrected chi connectivity index (χ2v) is 13.1. The molecule has 2 N–H and O–H groups in total. The summed E-state index contributed by atoms with van der Waals surface area (Å²) in [5, 5.41) is 13.1. The summed E-state index contributed by atoms with van der Waals surface area (Å²) in [6, 6.07) is 7.38. The molecule has 3 rings (SSSR count). The molecule has 0 radical (unpaired) electrons. The highest BCUT2D eigenvalue weighted by Gasteiger charge is 2.41. The van der Waals surface area contributed by atoms with Crippen LogP contribution in [0.3, 0.4) is 0 Å². The lowest BCUT2D eigenvalue weighted by molar-refractivity contribution is -0.145. The van der Waals surface area contributed by atoms with E-state index in [9.17, 15) is 22.9 Å². The SMILES string of the molecule is COC1(C(=O)NS(=O)(=O)c2cc(F)c(N[C@H](CCN(C)C)CSc3ccc(F)cc3Cl)c(C#N)c2)CCCCC1. The Balaban J connectivity index is 1.84. The number of carbonyl (C=O) groups is 1. The fraction of sp³-hybridized carbons (Fsp3) is 0.481. The molecule has 1 aliphatic carbocycles. The minimum atomic E-state index is -4.49. The molecular formula is C27H33ClF2N4O4S2. The topological polar surface area (TPSA) is 112 Å². The Labute approximate surface area is 243 Å². The van der Waals surface area contributed by atoms with E-state index < -0.39 is 38.1 Å². The quantitative estimate of drug-likeness (QED) is 0.315. The van der Waals surface area contributed by atoms with Crippen molar-refractivity contribution < 1.29 is 26.7 Å². The van der Waals surface area contributed by atoms with E-state index in [1.54, 1.807) is 6.07 Å². The molecule has 0 bridgehead atoms. The number of benzene rings is 2. The summed E-state index contributed by atoms with van der Waals surface area (Å²) in [6.07, 6.45) is 3.66. The van der Waals surface area contributed by atoms with Gasteiger partial charge in [0.1, 0.15) is 23.3 Å². The van der Waals surface area contributed by atoms with Crippen LogP contribution in [0.4, 0.5) is 14.5 Å². The van der Waals surface area contributed by atoms with Gasteiger partial charge in [-0.1, -0.05) is 30.9 Å². The lowest BCUT2D eigenvalue weighted by Crippen LogP contribution is -2.51. The zero-order valence-corrected chi connectivity index (χ0v) is 25.0. The van der Waals surface area contributed by atoms with Gasteiger partial charge < -0.3 is 15.0 Å². The maximum atomic E-state index is 15.4. The molecule has 13 heteroatoms. The third-order valence-corrected chi connectivity index (χ3v) is 9.77. The third kappa shape index (κ3) is 8.07. The van der Waals surface area contributed by atoms with E-state index in [1.807, 2.05) is 29.8 Å². The number of halogens is 3. The maximum Gasteiger partial charge on any atom is 0.265 e. The van der Waals surface area contributed by atoms with Gasteiger partial charge in [0.2, 0.25) is 0 Å². The standard InChI is InChI=1S/C27H33ClF2N4O4S2/c1-34(2)12-9-20(17-39-24-8-7-19(29)14-22(24)28)32-25-18(16-31)13-21(15-23(25)30)40(36,37)33-26(35)27(38-3)10-5-4-6-11-27/h7-8,13-15,20,32H,4-6,9-12,17H2,1-3H3,(H,33,35)/t20-/m1/s1. The van der Waals surface area contributed by atoms with Crippen molar-refractivity contribution in [1.82, 2.24) is 9.62 Å². The van der Waals surface area contributed by atoms with Crippen molar-refractivity contribution in [1.29, 1.82) is 5.26 Å². The first kappa shape index (κ1) is 32.1. The van der Waals surface area contributed by atoms with Crippen LogP contribution >= 0.6 is 23.4 Å². The fourth-order valence-electron chi connectivity index (χ4n) is 4.49. The summed E-state index contributed by atoms with van der Waals surface area (Å²) in [6.45, 7) is 0.638. The monoisotopic (exact) mass is 614 g/mol. The summed E-state index contributed by atoms with van der Waals surface area (Å²) in [5.74, 6) is -1.82. The Morgan fingerprint density at radius 2 is 1.93 bits per heavy atom. The largest absolute Gasteiger partial charge is 0.378 e. The number of sulfonamides is 1. The Morgan fingerprint density at radius 1 is 1.23 bits per heavy atom. The van der Waals surface area contributed by atoms with Crippen molar-refractivity contribution >= 4 is 45.0 Å². The molecule has 1 amide bonds. The summed E-state index contributed by atoms with van der Waals surface area (Å²) < 4.78 is 62.4. The summed E-state index contributed by atoms with van der Waals surface area (Å²) >= 11 is 7.49. The van der Waals surface area contributed by atoms with Crippen molar-refractivity contribution in [3.63, 3.8) is 0 Å². The predicted octanol–water partition coefficient (Wildman–Crippen LogP) is 5.17. The molecule has 0 unspecified atom stereocenters.